The Kier molecular flexibility index (Phi) is 11.8. The van der Waals surface area contributed by atoms with Crippen molar-refractivity contribution in [3.8, 4) is 5.75 Å². The number of pyridine rings is 1. The summed E-state index contributed by atoms with van der Waals surface area (Å²) in [7, 11) is -6.37. The van der Waals surface area contributed by atoms with Crippen molar-refractivity contribution in [2.75, 3.05) is 39.9 Å². The Bertz CT molecular complexity index is 1740. The van der Waals surface area contributed by atoms with Crippen LogP contribution in [0.3, 0.4) is 0 Å². The van der Waals surface area contributed by atoms with Crippen LogP contribution in [-0.2, 0) is 24.8 Å². The number of aromatic amines is 1. The molecular formula is C27H35Cl2FN4O8S2. The largest absolute Gasteiger partial charge is 0.491 e. The molecule has 2 fully saturated rings. The predicted octanol–water partition coefficient (Wildman–Crippen LogP) is 1.76. The summed E-state index contributed by atoms with van der Waals surface area (Å²) < 4.78 is 79.3. The maximum atomic E-state index is 13.5. The lowest BCUT2D eigenvalue weighted by Crippen LogP contribution is -2.47. The van der Waals surface area contributed by atoms with Crippen molar-refractivity contribution in [2.24, 2.45) is 0 Å². The van der Waals surface area contributed by atoms with Gasteiger partial charge in [0, 0.05) is 43.3 Å². The number of piperidine rings is 1. The molecule has 17 heteroatoms. The summed E-state index contributed by atoms with van der Waals surface area (Å²) >= 11 is 0. The van der Waals surface area contributed by atoms with Gasteiger partial charge in [-0.2, -0.15) is 4.31 Å². The van der Waals surface area contributed by atoms with Gasteiger partial charge in [-0.25, -0.2) is 25.9 Å². The number of aliphatic hydroxyl groups excluding tert-OH is 1. The van der Waals surface area contributed by atoms with Crippen molar-refractivity contribution >= 4 is 55.8 Å². The third kappa shape index (κ3) is 7.71. The van der Waals surface area contributed by atoms with Gasteiger partial charge in [0.2, 0.25) is 25.5 Å². The molecule has 3 heterocycles. The van der Waals surface area contributed by atoms with Gasteiger partial charge in [0.25, 0.3) is 0 Å². The summed E-state index contributed by atoms with van der Waals surface area (Å²) in [5.41, 5.74) is -0.971. The number of aromatic nitrogens is 1. The van der Waals surface area contributed by atoms with Crippen LogP contribution >= 0.6 is 24.8 Å². The molecule has 2 atom stereocenters. The summed E-state index contributed by atoms with van der Waals surface area (Å²) in [5.74, 6) is -0.220. The van der Waals surface area contributed by atoms with E-state index in [1.54, 1.807) is 12.1 Å². The quantitative estimate of drug-likeness (QED) is 0.247. The third-order valence-electron chi connectivity index (χ3n) is 7.74. The maximum Gasteiger partial charge on any atom is 0.248 e. The first-order valence-electron chi connectivity index (χ1n) is 13.5. The fourth-order valence-corrected chi connectivity index (χ4v) is 7.63. The van der Waals surface area contributed by atoms with E-state index >= 15 is 0 Å². The first-order valence-corrected chi connectivity index (χ1v) is 16.4. The Hall–Kier alpha value is -2.34. The molecule has 244 valence electrons. The van der Waals surface area contributed by atoms with Crippen LogP contribution in [0, 0.1) is 5.82 Å². The standard InChI is InChI=1S/C27H33FN4O8S2.2ClH/c1-29-41(35,36)22-4-2-3-21(12-22)39-17-20(33)14-30-19-13-27(40-16-19)7-9-32(10-8-27)42(37,38)25-15-31-24-11-18(28)5-6-23(24)26(25)34;;/h2-6,11-12,15,19-20,29-30,33H,7-10,13-14,16-17H2,1H3,(H,31,34);2*1H. The highest BCUT2D eigenvalue weighted by molar-refractivity contribution is 7.89. The number of rotatable bonds is 10. The highest BCUT2D eigenvalue weighted by Crippen LogP contribution is 2.37. The lowest BCUT2D eigenvalue weighted by molar-refractivity contribution is -0.0312. The monoisotopic (exact) mass is 696 g/mol. The maximum absolute atomic E-state index is 13.5. The minimum atomic E-state index is -4.08. The Morgan fingerprint density at radius 1 is 1.16 bits per heavy atom. The first kappa shape index (κ1) is 36.1. The molecule has 0 bridgehead atoms. The number of halogens is 3. The Labute approximate surface area is 267 Å². The smallest absolute Gasteiger partial charge is 0.248 e. The van der Waals surface area contributed by atoms with Crippen molar-refractivity contribution in [3.63, 3.8) is 0 Å². The number of sulfonamides is 2. The van der Waals surface area contributed by atoms with Crippen LogP contribution in [-0.4, -0.2) is 88.9 Å². The van der Waals surface area contributed by atoms with Gasteiger partial charge in [-0.05, 0) is 56.6 Å². The van der Waals surface area contributed by atoms with E-state index in [0.717, 1.165) is 18.3 Å². The van der Waals surface area contributed by atoms with E-state index in [1.807, 2.05) is 0 Å². The van der Waals surface area contributed by atoms with E-state index in [9.17, 15) is 31.1 Å². The minimum Gasteiger partial charge on any atom is -0.491 e. The molecule has 3 aromatic rings. The first-order chi connectivity index (χ1) is 19.9. The number of H-pyrrole nitrogens is 1. The third-order valence-corrected chi connectivity index (χ3v) is 11.1. The van der Waals surface area contributed by atoms with E-state index in [2.05, 4.69) is 15.0 Å². The van der Waals surface area contributed by atoms with Gasteiger partial charge in [-0.3, -0.25) is 4.79 Å². The van der Waals surface area contributed by atoms with Crippen molar-refractivity contribution in [2.45, 2.75) is 46.8 Å². The lowest BCUT2D eigenvalue weighted by atomic mass is 9.88. The second-order valence-electron chi connectivity index (χ2n) is 10.5. The zero-order valence-corrected chi connectivity index (χ0v) is 27.0. The molecule has 4 N–H and O–H groups in total. The van der Waals surface area contributed by atoms with Crippen LogP contribution in [0.2, 0.25) is 0 Å². The molecule has 2 aliphatic heterocycles. The molecular weight excluding hydrogens is 662 g/mol. The second kappa shape index (κ2) is 14.4. The summed E-state index contributed by atoms with van der Waals surface area (Å²) in [6.45, 7) is 0.910. The highest BCUT2D eigenvalue weighted by atomic mass is 35.5. The molecule has 5 rings (SSSR count). The summed E-state index contributed by atoms with van der Waals surface area (Å²) in [5, 5.41) is 13.8. The molecule has 1 aromatic heterocycles. The number of aliphatic hydroxyl groups is 1. The average molecular weight is 698 g/mol. The molecule has 2 aliphatic rings. The summed E-state index contributed by atoms with van der Waals surface area (Å²) in [4.78, 5) is 15.3. The van der Waals surface area contributed by atoms with Crippen LogP contribution in [0.15, 0.2) is 63.2 Å². The van der Waals surface area contributed by atoms with Crippen LogP contribution in [0.4, 0.5) is 4.39 Å². The van der Waals surface area contributed by atoms with E-state index in [1.165, 1.54) is 29.6 Å². The van der Waals surface area contributed by atoms with Gasteiger partial charge < -0.3 is 24.9 Å². The van der Waals surface area contributed by atoms with Crippen molar-refractivity contribution in [3.05, 3.63) is 64.7 Å². The van der Waals surface area contributed by atoms with Gasteiger partial charge in [-0.1, -0.05) is 6.07 Å². The fourth-order valence-electron chi connectivity index (χ4n) is 5.37. The Morgan fingerprint density at radius 3 is 2.59 bits per heavy atom. The molecule has 2 saturated heterocycles. The fraction of sp³-hybridized carbons (Fsp3) is 0.444. The number of hydrogen-bond donors (Lipinski definition) is 4. The van der Waals surface area contributed by atoms with Gasteiger partial charge >= 0.3 is 0 Å². The second-order valence-corrected chi connectivity index (χ2v) is 14.3. The molecule has 2 aromatic carbocycles. The molecule has 0 radical (unpaired) electrons. The SMILES string of the molecule is CNS(=O)(=O)c1cccc(OCC(O)CNC2COC3(CCN(S(=O)(=O)c4c[nH]c5cc(F)ccc5c4=O)CC3)C2)c1.Cl.Cl. The van der Waals surface area contributed by atoms with E-state index < -0.39 is 43.0 Å². The Morgan fingerprint density at radius 2 is 1.89 bits per heavy atom. The van der Waals surface area contributed by atoms with Crippen LogP contribution < -0.4 is 20.2 Å². The van der Waals surface area contributed by atoms with E-state index in [0.29, 0.717) is 31.6 Å². The van der Waals surface area contributed by atoms with E-state index in [4.69, 9.17) is 9.47 Å². The van der Waals surface area contributed by atoms with Gasteiger partial charge in [0.15, 0.2) is 0 Å². The zero-order chi connectivity index (χ0) is 30.1. The van der Waals surface area contributed by atoms with Crippen LogP contribution in [0.25, 0.3) is 10.9 Å². The highest BCUT2D eigenvalue weighted by Gasteiger charge is 2.45. The van der Waals surface area contributed by atoms with Crippen molar-refractivity contribution < 1.29 is 35.8 Å². The normalized spacial score (nSPS) is 19.3. The number of hydrogen-bond acceptors (Lipinski definition) is 9. The topological polar surface area (TPSA) is 167 Å². The minimum absolute atomic E-state index is 0. The average Bonchev–Trinajstić information content (AvgIpc) is 3.37. The molecule has 1 spiro atoms. The van der Waals surface area contributed by atoms with Crippen LogP contribution in [0.1, 0.15) is 19.3 Å². The summed E-state index contributed by atoms with van der Waals surface area (Å²) in [6.07, 6.45) is 1.76. The molecule has 12 nitrogen and oxygen atoms in total. The van der Waals surface area contributed by atoms with Crippen molar-refractivity contribution in [1.82, 2.24) is 19.3 Å². The predicted molar refractivity (Wildman–Crippen MR) is 166 cm³/mol. The molecule has 0 saturated carbocycles. The van der Waals surface area contributed by atoms with E-state index in [-0.39, 0.29) is 77.8 Å². The zero-order valence-electron chi connectivity index (χ0n) is 23.7. The van der Waals surface area contributed by atoms with Gasteiger partial charge in [0.1, 0.15) is 29.2 Å². The lowest BCUT2D eigenvalue weighted by Gasteiger charge is -2.37. The molecule has 0 amide bonds. The number of ether oxygens (including phenoxy) is 2. The molecule has 2 unspecified atom stereocenters. The molecule has 0 aliphatic carbocycles. The van der Waals surface area contributed by atoms with Crippen LogP contribution in [0.5, 0.6) is 5.75 Å². The van der Waals surface area contributed by atoms with Gasteiger partial charge in [0.05, 0.1) is 22.6 Å². The molecule has 44 heavy (non-hydrogen) atoms. The number of nitrogens with zero attached hydrogens (tertiary/aromatic N) is 1. The van der Waals surface area contributed by atoms with Gasteiger partial charge in [-0.15, -0.1) is 24.8 Å². The van der Waals surface area contributed by atoms with Crippen molar-refractivity contribution in [1.29, 1.82) is 0 Å². The number of nitrogens with one attached hydrogen (secondary N) is 3. The summed E-state index contributed by atoms with van der Waals surface area (Å²) in [6, 6.07) is 9.45. The Balaban J connectivity index is 0.00000264. The number of fused-ring (bicyclic) bond motifs is 1. The number of benzene rings is 2.